The molecule has 200 valence electrons. The minimum Gasteiger partial charge on any atom is -0.491 e. The second kappa shape index (κ2) is 15.3. The van der Waals surface area contributed by atoms with Gasteiger partial charge in [-0.1, -0.05) is 69.8 Å². The zero-order valence-electron chi connectivity index (χ0n) is 21.1. The number of epoxide rings is 3. The van der Waals surface area contributed by atoms with Crippen LogP contribution < -0.4 is 14.2 Å². The lowest BCUT2D eigenvalue weighted by Gasteiger charge is -2.07. The van der Waals surface area contributed by atoms with Gasteiger partial charge in [-0.05, 0) is 47.9 Å². The first-order valence-electron chi connectivity index (χ1n) is 12.6. The maximum absolute atomic E-state index is 5.54. The van der Waals surface area contributed by atoms with Crippen LogP contribution >= 0.6 is 0 Å². The van der Waals surface area contributed by atoms with Gasteiger partial charge in [-0.3, -0.25) is 0 Å². The fourth-order valence-corrected chi connectivity index (χ4v) is 3.04. The van der Waals surface area contributed by atoms with Crippen molar-refractivity contribution in [3.8, 4) is 17.2 Å². The summed E-state index contributed by atoms with van der Waals surface area (Å²) in [5.41, 5.74) is 1.35. The van der Waals surface area contributed by atoms with Gasteiger partial charge in [-0.2, -0.15) is 0 Å². The van der Waals surface area contributed by atoms with Crippen LogP contribution in [0.4, 0.5) is 0 Å². The first-order valence-corrected chi connectivity index (χ1v) is 12.6. The molecule has 3 heterocycles. The summed E-state index contributed by atoms with van der Waals surface area (Å²) in [5, 5.41) is 0. The predicted octanol–water partition coefficient (Wildman–Crippen LogP) is 6.15. The van der Waals surface area contributed by atoms with Crippen LogP contribution in [0, 0.1) is 0 Å². The Labute approximate surface area is 221 Å². The van der Waals surface area contributed by atoms with Crippen molar-refractivity contribution < 1.29 is 28.4 Å². The lowest BCUT2D eigenvalue weighted by Crippen LogP contribution is -2.03. The van der Waals surface area contributed by atoms with E-state index in [9.17, 15) is 0 Å². The summed E-state index contributed by atoms with van der Waals surface area (Å²) in [4.78, 5) is 0. The molecule has 6 nitrogen and oxygen atoms in total. The molecule has 0 spiro atoms. The van der Waals surface area contributed by atoms with Crippen LogP contribution in [0.2, 0.25) is 0 Å². The highest BCUT2D eigenvalue weighted by Gasteiger charge is 2.24. The van der Waals surface area contributed by atoms with Crippen LogP contribution in [0.15, 0.2) is 84.9 Å². The number of rotatable bonds is 10. The molecule has 0 saturated carbocycles. The molecule has 3 unspecified atom stereocenters. The normalized spacial score (nSPS) is 20.1. The van der Waals surface area contributed by atoms with E-state index in [2.05, 4.69) is 26.0 Å². The molecule has 3 aliphatic rings. The van der Waals surface area contributed by atoms with Gasteiger partial charge in [0.1, 0.15) is 55.4 Å². The molecular formula is C31H40O6. The summed E-state index contributed by atoms with van der Waals surface area (Å²) in [7, 11) is 0. The van der Waals surface area contributed by atoms with Crippen LogP contribution in [-0.4, -0.2) is 58.0 Å². The molecule has 0 aliphatic carbocycles. The highest BCUT2D eigenvalue weighted by Crippen LogP contribution is 2.20. The van der Waals surface area contributed by atoms with Gasteiger partial charge in [-0.25, -0.2) is 0 Å². The van der Waals surface area contributed by atoms with E-state index >= 15 is 0 Å². The minimum absolute atomic E-state index is 0. The number of para-hydroxylation sites is 2. The number of ether oxygens (including phenoxy) is 6. The van der Waals surface area contributed by atoms with Gasteiger partial charge in [0, 0.05) is 0 Å². The summed E-state index contributed by atoms with van der Waals surface area (Å²) in [6, 6.07) is 27.9. The molecule has 3 atom stereocenters. The van der Waals surface area contributed by atoms with Crippen LogP contribution in [0.25, 0.3) is 0 Å². The van der Waals surface area contributed by atoms with Gasteiger partial charge in [0.25, 0.3) is 0 Å². The van der Waals surface area contributed by atoms with Crippen molar-refractivity contribution in [1.29, 1.82) is 0 Å². The van der Waals surface area contributed by atoms with Crippen molar-refractivity contribution in [2.45, 2.75) is 45.5 Å². The van der Waals surface area contributed by atoms with Crippen molar-refractivity contribution in [2.75, 3.05) is 39.6 Å². The molecule has 3 aliphatic heterocycles. The molecule has 0 aromatic heterocycles. The van der Waals surface area contributed by atoms with Crippen molar-refractivity contribution in [3.05, 3.63) is 90.5 Å². The second-order valence-corrected chi connectivity index (χ2v) is 9.15. The molecule has 3 saturated heterocycles. The molecule has 37 heavy (non-hydrogen) atoms. The van der Waals surface area contributed by atoms with Crippen LogP contribution in [0.1, 0.15) is 32.8 Å². The van der Waals surface area contributed by atoms with Crippen LogP contribution in [0.3, 0.4) is 0 Å². The number of benzene rings is 3. The lowest BCUT2D eigenvalue weighted by molar-refractivity contribution is 0.263. The third kappa shape index (κ3) is 12.2. The monoisotopic (exact) mass is 508 g/mol. The summed E-state index contributed by atoms with van der Waals surface area (Å²) in [6.45, 7) is 8.99. The standard InChI is InChI=1S/C12H16O2.2C9H10O2.CH4/c1-9(2)10-3-5-11(6-4-10)13-7-12-8-14-12;2*1-2-4-8(5-3-1)10-6-9-7-11-9;/h3-6,9,12H,7-8H2,1-2H3;2*1-5,9H,6-7H2;1H4. The van der Waals surface area contributed by atoms with E-state index in [1.54, 1.807) is 0 Å². The average molecular weight is 509 g/mol. The highest BCUT2D eigenvalue weighted by molar-refractivity contribution is 5.29. The topological polar surface area (TPSA) is 65.3 Å². The molecule has 0 bridgehead atoms. The van der Waals surface area contributed by atoms with Crippen LogP contribution in [-0.2, 0) is 14.2 Å². The van der Waals surface area contributed by atoms with E-state index in [4.69, 9.17) is 28.4 Å². The van der Waals surface area contributed by atoms with Crippen molar-refractivity contribution in [3.63, 3.8) is 0 Å². The van der Waals surface area contributed by atoms with Gasteiger partial charge in [0.2, 0.25) is 0 Å². The van der Waals surface area contributed by atoms with Crippen molar-refractivity contribution >= 4 is 0 Å². The zero-order chi connectivity index (χ0) is 25.0. The van der Waals surface area contributed by atoms with Gasteiger partial charge in [-0.15, -0.1) is 0 Å². The van der Waals surface area contributed by atoms with Gasteiger partial charge in [0.15, 0.2) is 0 Å². The van der Waals surface area contributed by atoms with E-state index in [-0.39, 0.29) is 7.43 Å². The van der Waals surface area contributed by atoms with Gasteiger partial charge in [0.05, 0.1) is 19.8 Å². The fraction of sp³-hybridized carbons (Fsp3) is 0.419. The second-order valence-electron chi connectivity index (χ2n) is 9.15. The highest BCUT2D eigenvalue weighted by atomic mass is 16.6. The first-order chi connectivity index (χ1) is 17.7. The smallest absolute Gasteiger partial charge is 0.119 e. The van der Waals surface area contributed by atoms with E-state index in [0.29, 0.717) is 44.1 Å². The van der Waals surface area contributed by atoms with Crippen LogP contribution in [0.5, 0.6) is 17.2 Å². The Hall–Kier alpha value is -3.06. The Kier molecular flexibility index (Phi) is 11.8. The fourth-order valence-electron chi connectivity index (χ4n) is 3.04. The average Bonchev–Trinajstić information content (AvgIpc) is 3.78. The third-order valence-electron chi connectivity index (χ3n) is 5.55. The number of hydrogen-bond acceptors (Lipinski definition) is 6. The van der Waals surface area contributed by atoms with Crippen molar-refractivity contribution in [2.24, 2.45) is 0 Å². The van der Waals surface area contributed by atoms with Crippen molar-refractivity contribution in [1.82, 2.24) is 0 Å². The Morgan fingerprint density at radius 2 is 0.892 bits per heavy atom. The summed E-state index contributed by atoms with van der Waals surface area (Å²) in [5.74, 6) is 3.35. The molecule has 6 heteroatoms. The molecule has 0 radical (unpaired) electrons. The molecule has 3 aromatic carbocycles. The zero-order valence-corrected chi connectivity index (χ0v) is 21.1. The minimum atomic E-state index is 0. The van der Waals surface area contributed by atoms with E-state index in [1.165, 1.54) is 5.56 Å². The van der Waals surface area contributed by atoms with Gasteiger partial charge >= 0.3 is 0 Å². The maximum Gasteiger partial charge on any atom is 0.119 e. The Bertz CT molecular complexity index is 930. The third-order valence-corrected chi connectivity index (χ3v) is 5.55. The Balaban J connectivity index is 0.000000154. The molecule has 0 N–H and O–H groups in total. The van der Waals surface area contributed by atoms with Gasteiger partial charge < -0.3 is 28.4 Å². The van der Waals surface area contributed by atoms with E-state index < -0.39 is 0 Å². The predicted molar refractivity (Wildman–Crippen MR) is 146 cm³/mol. The lowest BCUT2D eigenvalue weighted by atomic mass is 10.0. The maximum atomic E-state index is 5.54. The van der Waals surface area contributed by atoms with E-state index in [1.807, 2.05) is 72.8 Å². The SMILES string of the molecule is C.CC(C)c1ccc(OCC2CO2)cc1.c1ccc(OCC2CO2)cc1.c1ccc(OCC2CO2)cc1. The summed E-state index contributed by atoms with van der Waals surface area (Å²) >= 11 is 0. The Morgan fingerprint density at radius 3 is 1.19 bits per heavy atom. The Morgan fingerprint density at radius 1 is 0.568 bits per heavy atom. The molecule has 3 fully saturated rings. The summed E-state index contributed by atoms with van der Waals surface area (Å²) in [6.07, 6.45) is 1.02. The summed E-state index contributed by atoms with van der Waals surface area (Å²) < 4.78 is 31.4. The molecule has 3 aromatic rings. The molecule has 0 amide bonds. The largest absolute Gasteiger partial charge is 0.491 e. The van der Waals surface area contributed by atoms with E-state index in [0.717, 1.165) is 37.1 Å². The number of hydrogen-bond donors (Lipinski definition) is 0. The quantitative estimate of drug-likeness (QED) is 0.306. The first kappa shape index (κ1) is 28.5. The molecular weight excluding hydrogens is 468 g/mol. The molecule has 6 rings (SSSR count).